The Morgan fingerprint density at radius 2 is 2.25 bits per heavy atom. The Balaban J connectivity index is 2.31. The van der Waals surface area contributed by atoms with Gasteiger partial charge in [0.1, 0.15) is 5.75 Å². The summed E-state index contributed by atoms with van der Waals surface area (Å²) >= 11 is 0. The Morgan fingerprint density at radius 1 is 1.50 bits per heavy atom. The Morgan fingerprint density at radius 3 is 2.88 bits per heavy atom. The molecule has 1 fully saturated rings. The van der Waals surface area contributed by atoms with E-state index in [4.69, 9.17) is 10.00 Å². The Bertz CT molecular complexity index is 451. The summed E-state index contributed by atoms with van der Waals surface area (Å²) in [6.07, 6.45) is 0.300. The van der Waals surface area contributed by atoms with Gasteiger partial charge in [0.05, 0.1) is 24.8 Å². The lowest BCUT2D eigenvalue weighted by atomic mass is 10.1. The summed E-state index contributed by atoms with van der Waals surface area (Å²) in [5.74, 6) is 0.433. The van der Waals surface area contributed by atoms with E-state index in [-0.39, 0.29) is 11.8 Å². The lowest BCUT2D eigenvalue weighted by molar-refractivity contribution is -0.117. The average Bonchev–Trinajstić information content (AvgIpc) is 2.70. The predicted molar refractivity (Wildman–Crippen MR) is 59.1 cm³/mol. The van der Waals surface area contributed by atoms with E-state index in [2.05, 4.69) is 6.07 Å². The number of ether oxygens (including phenoxy) is 1. The SMILES string of the molecule is COc1ccccc1N1CC(C#N)CC1=O. The Kier molecular flexibility index (Phi) is 2.78. The van der Waals surface area contributed by atoms with Gasteiger partial charge in [0.15, 0.2) is 0 Å². The van der Waals surface area contributed by atoms with Gasteiger partial charge >= 0.3 is 0 Å². The number of benzene rings is 1. The number of nitrogens with zero attached hydrogens (tertiary/aromatic N) is 2. The third kappa shape index (κ3) is 1.72. The van der Waals surface area contributed by atoms with Crippen LogP contribution in [0.25, 0.3) is 0 Å². The van der Waals surface area contributed by atoms with Gasteiger partial charge in [0.25, 0.3) is 0 Å². The molecule has 0 bridgehead atoms. The summed E-state index contributed by atoms with van der Waals surface area (Å²) in [7, 11) is 1.57. The van der Waals surface area contributed by atoms with Crippen LogP contribution < -0.4 is 9.64 Å². The third-order valence-corrected chi connectivity index (χ3v) is 2.68. The first-order chi connectivity index (χ1) is 7.76. The number of anilines is 1. The second-order valence-corrected chi connectivity index (χ2v) is 3.71. The van der Waals surface area contributed by atoms with Crippen molar-refractivity contribution in [2.45, 2.75) is 6.42 Å². The second kappa shape index (κ2) is 4.23. The number of rotatable bonds is 2. The zero-order valence-corrected chi connectivity index (χ0v) is 9.01. The molecule has 16 heavy (non-hydrogen) atoms. The monoisotopic (exact) mass is 216 g/mol. The van der Waals surface area contributed by atoms with Gasteiger partial charge in [-0.15, -0.1) is 0 Å². The molecule has 1 amide bonds. The zero-order chi connectivity index (χ0) is 11.5. The lowest BCUT2D eigenvalue weighted by Crippen LogP contribution is -2.24. The number of carbonyl (C=O) groups excluding carboxylic acids is 1. The van der Waals surface area contributed by atoms with Gasteiger partial charge < -0.3 is 9.64 Å². The van der Waals surface area contributed by atoms with Gasteiger partial charge in [-0.1, -0.05) is 12.1 Å². The normalized spacial score (nSPS) is 19.6. The molecule has 4 nitrogen and oxygen atoms in total. The molecule has 0 spiro atoms. The number of para-hydroxylation sites is 2. The van der Waals surface area contributed by atoms with Crippen molar-refractivity contribution in [1.29, 1.82) is 5.26 Å². The number of hydrogen-bond donors (Lipinski definition) is 0. The summed E-state index contributed by atoms with van der Waals surface area (Å²) < 4.78 is 5.20. The van der Waals surface area contributed by atoms with Crippen molar-refractivity contribution in [1.82, 2.24) is 0 Å². The van der Waals surface area contributed by atoms with Gasteiger partial charge in [-0.3, -0.25) is 4.79 Å². The molecule has 1 aromatic carbocycles. The van der Waals surface area contributed by atoms with Crippen LogP contribution in [-0.2, 0) is 4.79 Å². The maximum Gasteiger partial charge on any atom is 0.228 e. The van der Waals surface area contributed by atoms with E-state index in [0.717, 1.165) is 5.69 Å². The van der Waals surface area contributed by atoms with E-state index < -0.39 is 0 Å². The van der Waals surface area contributed by atoms with Crippen molar-refractivity contribution in [2.24, 2.45) is 5.92 Å². The smallest absolute Gasteiger partial charge is 0.228 e. The van der Waals surface area contributed by atoms with Crippen LogP contribution in [0.5, 0.6) is 5.75 Å². The Hall–Kier alpha value is -2.02. The molecule has 1 saturated heterocycles. The van der Waals surface area contributed by atoms with Crippen molar-refractivity contribution < 1.29 is 9.53 Å². The van der Waals surface area contributed by atoms with Crippen LogP contribution in [0, 0.1) is 17.2 Å². The van der Waals surface area contributed by atoms with Crippen LogP contribution in [0.15, 0.2) is 24.3 Å². The number of nitriles is 1. The van der Waals surface area contributed by atoms with Crippen LogP contribution in [0.1, 0.15) is 6.42 Å². The number of hydrogen-bond acceptors (Lipinski definition) is 3. The third-order valence-electron chi connectivity index (χ3n) is 2.68. The minimum atomic E-state index is -0.211. The predicted octanol–water partition coefficient (Wildman–Crippen LogP) is 1.57. The first kappa shape index (κ1) is 10.5. The highest BCUT2D eigenvalue weighted by molar-refractivity contribution is 5.97. The molecule has 1 aliphatic rings. The molecule has 1 heterocycles. The molecule has 4 heteroatoms. The van der Waals surface area contributed by atoms with Crippen molar-refractivity contribution >= 4 is 11.6 Å². The molecule has 0 aliphatic carbocycles. The van der Waals surface area contributed by atoms with Crippen LogP contribution in [0.3, 0.4) is 0 Å². The molecule has 1 aromatic rings. The first-order valence-corrected chi connectivity index (χ1v) is 5.09. The van der Waals surface area contributed by atoms with Crippen LogP contribution in [0.4, 0.5) is 5.69 Å². The maximum atomic E-state index is 11.7. The van der Waals surface area contributed by atoms with Gasteiger partial charge in [-0.05, 0) is 12.1 Å². The fourth-order valence-corrected chi connectivity index (χ4v) is 1.88. The minimum Gasteiger partial charge on any atom is -0.495 e. The van der Waals surface area contributed by atoms with E-state index in [1.807, 2.05) is 24.3 Å². The quantitative estimate of drug-likeness (QED) is 0.754. The lowest BCUT2D eigenvalue weighted by Gasteiger charge is -2.18. The molecule has 0 aromatic heterocycles. The molecular weight excluding hydrogens is 204 g/mol. The second-order valence-electron chi connectivity index (χ2n) is 3.71. The Labute approximate surface area is 94.0 Å². The molecule has 0 radical (unpaired) electrons. The fraction of sp³-hybridized carbons (Fsp3) is 0.333. The van der Waals surface area contributed by atoms with Gasteiger partial charge in [0.2, 0.25) is 5.91 Å². The average molecular weight is 216 g/mol. The van der Waals surface area contributed by atoms with Crippen molar-refractivity contribution in [3.05, 3.63) is 24.3 Å². The van der Waals surface area contributed by atoms with Gasteiger partial charge in [-0.2, -0.15) is 5.26 Å². The summed E-state index contributed by atoms with van der Waals surface area (Å²) in [4.78, 5) is 13.3. The van der Waals surface area contributed by atoms with Crippen molar-refractivity contribution in [2.75, 3.05) is 18.6 Å². The van der Waals surface area contributed by atoms with E-state index in [0.29, 0.717) is 18.7 Å². The zero-order valence-electron chi connectivity index (χ0n) is 9.01. The summed E-state index contributed by atoms with van der Waals surface area (Å²) in [5.41, 5.74) is 0.743. The molecule has 82 valence electrons. The maximum absolute atomic E-state index is 11.7. The highest BCUT2D eigenvalue weighted by Crippen LogP contribution is 2.32. The van der Waals surface area contributed by atoms with E-state index in [1.54, 1.807) is 12.0 Å². The molecule has 1 unspecified atom stereocenters. The number of amides is 1. The summed E-state index contributed by atoms with van der Waals surface area (Å²) in [6.45, 7) is 0.454. The molecule has 1 aliphatic heterocycles. The van der Waals surface area contributed by atoms with E-state index in [1.165, 1.54) is 0 Å². The standard InChI is InChI=1S/C12H12N2O2/c1-16-11-5-3-2-4-10(11)14-8-9(7-13)6-12(14)15/h2-5,9H,6,8H2,1H3. The largest absolute Gasteiger partial charge is 0.495 e. The van der Waals surface area contributed by atoms with Crippen molar-refractivity contribution in [3.8, 4) is 11.8 Å². The topological polar surface area (TPSA) is 53.3 Å². The summed E-state index contributed by atoms with van der Waals surface area (Å²) in [5, 5.41) is 8.81. The highest BCUT2D eigenvalue weighted by atomic mass is 16.5. The molecule has 2 rings (SSSR count). The van der Waals surface area contributed by atoms with Crippen LogP contribution in [-0.4, -0.2) is 19.6 Å². The minimum absolute atomic E-state index is 0.0175. The fourth-order valence-electron chi connectivity index (χ4n) is 1.88. The van der Waals surface area contributed by atoms with E-state index >= 15 is 0 Å². The van der Waals surface area contributed by atoms with Gasteiger partial charge in [-0.25, -0.2) is 0 Å². The van der Waals surface area contributed by atoms with Crippen LogP contribution in [0.2, 0.25) is 0 Å². The summed E-state index contributed by atoms with van der Waals surface area (Å²) in [6, 6.07) is 9.47. The first-order valence-electron chi connectivity index (χ1n) is 5.09. The molecular formula is C12H12N2O2. The number of carbonyl (C=O) groups is 1. The van der Waals surface area contributed by atoms with Gasteiger partial charge in [0, 0.05) is 13.0 Å². The van der Waals surface area contributed by atoms with E-state index in [9.17, 15) is 4.79 Å². The number of methoxy groups -OCH3 is 1. The molecule has 0 saturated carbocycles. The van der Waals surface area contributed by atoms with Crippen LogP contribution >= 0.6 is 0 Å². The highest BCUT2D eigenvalue weighted by Gasteiger charge is 2.31. The molecule has 0 N–H and O–H groups in total. The molecule has 1 atom stereocenters. The van der Waals surface area contributed by atoms with Crippen molar-refractivity contribution in [3.63, 3.8) is 0 Å².